The minimum atomic E-state index is -0.679. The SMILES string of the molecule is Cc1c(C(=O)CCN2C(=O)/C(=C/c3ccc(Cl)cc3)SC2=S)c(O)n(Cc2ccccc2)c(=O)c1C#N. The van der Waals surface area contributed by atoms with E-state index in [1.54, 1.807) is 54.6 Å². The molecule has 10 heteroatoms. The second-order valence-electron chi connectivity index (χ2n) is 8.25. The number of hydrogen-bond acceptors (Lipinski definition) is 7. The minimum absolute atomic E-state index is 0.00899. The first kappa shape index (κ1) is 26.4. The number of thioether (sulfide) groups is 1. The Morgan fingerprint density at radius 1 is 1.16 bits per heavy atom. The van der Waals surface area contributed by atoms with Gasteiger partial charge in [0.05, 0.1) is 17.0 Å². The molecule has 0 atom stereocenters. The first-order valence-corrected chi connectivity index (χ1v) is 12.8. The fourth-order valence-corrected chi connectivity index (χ4v) is 5.37. The summed E-state index contributed by atoms with van der Waals surface area (Å²) in [4.78, 5) is 40.8. The number of carbonyl (C=O) groups excluding carboxylic acids is 2. The first-order chi connectivity index (χ1) is 17.7. The molecule has 1 N–H and O–H groups in total. The molecule has 0 spiro atoms. The highest BCUT2D eigenvalue weighted by molar-refractivity contribution is 8.26. The molecule has 1 aliphatic heterocycles. The number of aromatic nitrogens is 1. The van der Waals surface area contributed by atoms with Crippen LogP contribution in [-0.2, 0) is 11.3 Å². The number of nitriles is 1. The van der Waals surface area contributed by atoms with Crippen molar-refractivity contribution >= 4 is 57.7 Å². The zero-order valence-electron chi connectivity index (χ0n) is 19.6. The molecule has 2 aromatic carbocycles. The molecule has 1 amide bonds. The Morgan fingerprint density at radius 2 is 1.84 bits per heavy atom. The summed E-state index contributed by atoms with van der Waals surface area (Å²) in [5.41, 5.74) is 0.597. The van der Waals surface area contributed by atoms with Crippen LogP contribution in [0, 0.1) is 18.3 Å². The summed E-state index contributed by atoms with van der Waals surface area (Å²) in [6, 6.07) is 17.8. The molecule has 186 valence electrons. The van der Waals surface area contributed by atoms with Crippen LogP contribution >= 0.6 is 35.6 Å². The lowest BCUT2D eigenvalue weighted by Crippen LogP contribution is -2.31. The Labute approximate surface area is 227 Å². The average Bonchev–Trinajstić information content (AvgIpc) is 3.14. The van der Waals surface area contributed by atoms with Gasteiger partial charge in [-0.05, 0) is 41.8 Å². The molecule has 0 aliphatic carbocycles. The summed E-state index contributed by atoms with van der Waals surface area (Å²) in [6.45, 7) is 1.43. The molecule has 1 fully saturated rings. The normalized spacial score (nSPS) is 14.3. The van der Waals surface area contributed by atoms with Gasteiger partial charge >= 0.3 is 0 Å². The number of rotatable bonds is 7. The molecular weight excluding hydrogens is 530 g/mol. The van der Waals surface area contributed by atoms with E-state index in [9.17, 15) is 24.8 Å². The highest BCUT2D eigenvalue weighted by Gasteiger charge is 2.33. The summed E-state index contributed by atoms with van der Waals surface area (Å²) in [6.07, 6.45) is 1.54. The van der Waals surface area contributed by atoms with Crippen LogP contribution in [0.15, 0.2) is 64.3 Å². The number of hydrogen-bond donors (Lipinski definition) is 1. The highest BCUT2D eigenvalue weighted by atomic mass is 35.5. The Morgan fingerprint density at radius 3 is 2.49 bits per heavy atom. The maximum atomic E-state index is 13.2. The van der Waals surface area contributed by atoms with Gasteiger partial charge < -0.3 is 5.11 Å². The van der Waals surface area contributed by atoms with Gasteiger partial charge in [0.1, 0.15) is 16.0 Å². The van der Waals surface area contributed by atoms with Crippen molar-refractivity contribution in [3.8, 4) is 11.9 Å². The number of aromatic hydroxyl groups is 1. The van der Waals surface area contributed by atoms with E-state index in [1.165, 1.54) is 11.8 Å². The lowest BCUT2D eigenvalue weighted by Gasteiger charge is -2.17. The molecule has 7 nitrogen and oxygen atoms in total. The third-order valence-electron chi connectivity index (χ3n) is 5.87. The van der Waals surface area contributed by atoms with E-state index in [4.69, 9.17) is 23.8 Å². The zero-order chi connectivity index (χ0) is 26.7. The van der Waals surface area contributed by atoms with Crippen LogP contribution < -0.4 is 5.56 Å². The fourth-order valence-electron chi connectivity index (χ4n) is 3.94. The van der Waals surface area contributed by atoms with Crippen molar-refractivity contribution in [2.75, 3.05) is 6.54 Å². The molecule has 1 aliphatic rings. The first-order valence-electron chi connectivity index (χ1n) is 11.2. The van der Waals surface area contributed by atoms with Crippen molar-refractivity contribution in [2.45, 2.75) is 19.9 Å². The third kappa shape index (κ3) is 5.52. The van der Waals surface area contributed by atoms with Crippen LogP contribution in [0.25, 0.3) is 6.08 Å². The van der Waals surface area contributed by atoms with E-state index >= 15 is 0 Å². The molecular formula is C27H20ClN3O4S2. The van der Waals surface area contributed by atoms with Gasteiger partial charge in [-0.25, -0.2) is 0 Å². The van der Waals surface area contributed by atoms with Crippen LogP contribution in [0.2, 0.25) is 5.02 Å². The van der Waals surface area contributed by atoms with Crippen LogP contribution in [0.5, 0.6) is 5.88 Å². The number of Topliss-reactive ketones (excluding diaryl/α,β-unsaturated/α-hetero) is 1. The van der Waals surface area contributed by atoms with Gasteiger partial charge in [0.25, 0.3) is 11.5 Å². The standard InChI is InChI=1S/C27H20ClN3O4S2/c1-16-20(14-29)24(33)31(15-18-5-3-2-4-6-18)26(35)23(16)21(32)11-12-30-25(34)22(37-27(30)36)13-17-7-9-19(28)10-8-17/h2-10,13,35H,11-12,15H2,1H3/b22-13-. The molecule has 1 aromatic heterocycles. The summed E-state index contributed by atoms with van der Waals surface area (Å²) in [5, 5.41) is 21.1. The topological polar surface area (TPSA) is 103 Å². The van der Waals surface area contributed by atoms with Crippen LogP contribution in [0.1, 0.15) is 39.0 Å². The van der Waals surface area contributed by atoms with E-state index in [0.717, 1.165) is 27.5 Å². The lowest BCUT2D eigenvalue weighted by molar-refractivity contribution is -0.122. The Kier molecular flexibility index (Phi) is 7.93. The van der Waals surface area contributed by atoms with Gasteiger partial charge in [-0.2, -0.15) is 5.26 Å². The van der Waals surface area contributed by atoms with Crippen molar-refractivity contribution in [3.05, 3.63) is 103 Å². The number of halogens is 1. The predicted molar refractivity (Wildman–Crippen MR) is 148 cm³/mol. The fraction of sp³-hybridized carbons (Fsp3) is 0.148. The molecule has 0 saturated carbocycles. The van der Waals surface area contributed by atoms with Crippen molar-refractivity contribution in [1.82, 2.24) is 9.47 Å². The molecule has 4 rings (SSSR count). The van der Waals surface area contributed by atoms with Crippen molar-refractivity contribution in [3.63, 3.8) is 0 Å². The summed E-state index contributed by atoms with van der Waals surface area (Å²) >= 11 is 12.4. The molecule has 0 radical (unpaired) electrons. The number of amides is 1. The largest absolute Gasteiger partial charge is 0.494 e. The van der Waals surface area contributed by atoms with E-state index < -0.39 is 17.2 Å². The molecule has 1 saturated heterocycles. The van der Waals surface area contributed by atoms with Crippen LogP contribution in [0.4, 0.5) is 0 Å². The minimum Gasteiger partial charge on any atom is -0.494 e. The van der Waals surface area contributed by atoms with E-state index in [0.29, 0.717) is 14.2 Å². The van der Waals surface area contributed by atoms with Crippen molar-refractivity contribution in [2.24, 2.45) is 0 Å². The molecule has 3 aromatic rings. The van der Waals surface area contributed by atoms with Crippen molar-refractivity contribution < 1.29 is 14.7 Å². The van der Waals surface area contributed by atoms with Gasteiger partial charge in [-0.15, -0.1) is 0 Å². The van der Waals surface area contributed by atoms with Crippen LogP contribution in [0.3, 0.4) is 0 Å². The van der Waals surface area contributed by atoms with Gasteiger partial charge in [-0.1, -0.05) is 78.0 Å². The average molecular weight is 550 g/mol. The number of ketones is 1. The van der Waals surface area contributed by atoms with E-state index in [-0.39, 0.29) is 42.1 Å². The summed E-state index contributed by atoms with van der Waals surface area (Å²) in [5.74, 6) is -1.35. The van der Waals surface area contributed by atoms with Gasteiger partial charge in [0, 0.05) is 18.0 Å². The van der Waals surface area contributed by atoms with Gasteiger partial charge in [0.15, 0.2) is 5.78 Å². The second-order valence-corrected chi connectivity index (χ2v) is 10.4. The number of carbonyl (C=O) groups is 2. The Balaban J connectivity index is 1.57. The third-order valence-corrected chi connectivity index (χ3v) is 7.50. The Hall–Kier alpha value is -3.71. The number of thiocarbonyl (C=S) groups is 1. The van der Waals surface area contributed by atoms with Crippen LogP contribution in [-0.4, -0.2) is 37.1 Å². The number of nitrogens with zero attached hydrogens (tertiary/aromatic N) is 3. The van der Waals surface area contributed by atoms with Gasteiger partial charge in [-0.3, -0.25) is 23.9 Å². The van der Waals surface area contributed by atoms with Crippen molar-refractivity contribution in [1.29, 1.82) is 5.26 Å². The highest BCUT2D eigenvalue weighted by Crippen LogP contribution is 2.33. The molecule has 0 bridgehead atoms. The zero-order valence-corrected chi connectivity index (χ0v) is 22.0. The maximum Gasteiger partial charge on any atom is 0.271 e. The monoisotopic (exact) mass is 549 g/mol. The smallest absolute Gasteiger partial charge is 0.271 e. The Bertz CT molecular complexity index is 1540. The number of pyridine rings is 1. The molecule has 2 heterocycles. The quantitative estimate of drug-likeness (QED) is 0.254. The lowest BCUT2D eigenvalue weighted by atomic mass is 9.99. The predicted octanol–water partition coefficient (Wildman–Crippen LogP) is 4.91. The second kappa shape index (κ2) is 11.1. The summed E-state index contributed by atoms with van der Waals surface area (Å²) in [7, 11) is 0. The molecule has 37 heavy (non-hydrogen) atoms. The van der Waals surface area contributed by atoms with E-state index in [1.807, 2.05) is 12.1 Å². The van der Waals surface area contributed by atoms with E-state index in [2.05, 4.69) is 0 Å². The molecule has 0 unspecified atom stereocenters. The summed E-state index contributed by atoms with van der Waals surface area (Å²) < 4.78 is 1.33. The maximum absolute atomic E-state index is 13.2. The number of benzene rings is 2. The van der Waals surface area contributed by atoms with Gasteiger partial charge in [0.2, 0.25) is 5.88 Å².